The van der Waals surface area contributed by atoms with Crippen LogP contribution in [0.1, 0.15) is 12.8 Å². The van der Waals surface area contributed by atoms with Crippen molar-refractivity contribution in [1.82, 2.24) is 0 Å². The fourth-order valence-corrected chi connectivity index (χ4v) is 2.33. The topological polar surface area (TPSA) is 26.3 Å². The summed E-state index contributed by atoms with van der Waals surface area (Å²) in [6, 6.07) is 9.18. The van der Waals surface area contributed by atoms with Crippen molar-refractivity contribution in [3.8, 4) is 5.75 Å². The first-order valence-electron chi connectivity index (χ1n) is 4.83. The molecule has 0 aliphatic heterocycles. The van der Waals surface area contributed by atoms with Crippen molar-refractivity contribution in [2.24, 2.45) is 0 Å². The van der Waals surface area contributed by atoms with Crippen LogP contribution in [-0.4, -0.2) is 19.8 Å². The normalized spacial score (nSPS) is 9.60. The fourth-order valence-electron chi connectivity index (χ4n) is 0.997. The molecule has 0 atom stereocenters. The maximum atomic E-state index is 11.4. The summed E-state index contributed by atoms with van der Waals surface area (Å²) in [7, 11) is 0. The average Bonchev–Trinajstić information content (AvgIpc) is 2.26. The number of carbonyl (C=O) groups is 1. The average molecular weight is 269 g/mol. The van der Waals surface area contributed by atoms with E-state index < -0.39 is 0 Å². The number of hydrogen-bond acceptors (Lipinski definition) is 2. The quantitative estimate of drug-likeness (QED) is 0.450. The molecular formula is C12H14O2Se. The van der Waals surface area contributed by atoms with Crippen LogP contribution in [0.2, 0.25) is 5.32 Å². The van der Waals surface area contributed by atoms with Gasteiger partial charge in [-0.25, -0.2) is 0 Å². The second-order valence-electron chi connectivity index (χ2n) is 2.94. The first-order valence-corrected chi connectivity index (χ1v) is 6.90. The van der Waals surface area contributed by atoms with Crippen LogP contribution in [-0.2, 0) is 0 Å². The van der Waals surface area contributed by atoms with Crippen LogP contribution in [0.3, 0.4) is 0 Å². The third kappa shape index (κ3) is 5.40. The molecule has 0 spiro atoms. The summed E-state index contributed by atoms with van der Waals surface area (Å²) in [5, 5.41) is 0.921. The van der Waals surface area contributed by atoms with Crippen LogP contribution in [0, 0.1) is 0 Å². The van der Waals surface area contributed by atoms with Crippen molar-refractivity contribution in [3.63, 3.8) is 0 Å². The molecule has 0 aliphatic carbocycles. The van der Waals surface area contributed by atoms with E-state index >= 15 is 0 Å². The zero-order chi connectivity index (χ0) is 10.9. The molecule has 0 unspecified atom stereocenters. The van der Waals surface area contributed by atoms with Crippen LogP contribution in [0.5, 0.6) is 5.75 Å². The molecule has 3 heteroatoms. The molecule has 1 aromatic rings. The second kappa shape index (κ2) is 7.27. The summed E-state index contributed by atoms with van der Waals surface area (Å²) < 4.78 is 5.16. The van der Waals surface area contributed by atoms with Crippen LogP contribution < -0.4 is 4.74 Å². The minimum atomic E-state index is -0.0993. The maximum absolute atomic E-state index is 11.4. The number of allylic oxidation sites excluding steroid dienone is 1. The van der Waals surface area contributed by atoms with E-state index in [4.69, 9.17) is 4.74 Å². The van der Waals surface area contributed by atoms with E-state index in [9.17, 15) is 4.79 Å². The first kappa shape index (κ1) is 12.0. The van der Waals surface area contributed by atoms with E-state index in [-0.39, 0.29) is 19.8 Å². The van der Waals surface area contributed by atoms with Gasteiger partial charge in [-0.3, -0.25) is 0 Å². The predicted octanol–water partition coefficient (Wildman–Crippen LogP) is 3.27. The number of hydrogen-bond donors (Lipinski definition) is 0. The summed E-state index contributed by atoms with van der Waals surface area (Å²) in [4.78, 5) is 11.3. The Morgan fingerprint density at radius 1 is 1.40 bits per heavy atom. The Labute approximate surface area is 96.5 Å². The summed E-state index contributed by atoms with van der Waals surface area (Å²) in [6.07, 6.45) is 3.87. The molecule has 0 bridgehead atoms. The molecule has 80 valence electrons. The Morgan fingerprint density at radius 3 is 2.80 bits per heavy atom. The van der Waals surface area contributed by atoms with E-state index in [1.165, 1.54) is 0 Å². The molecule has 0 saturated carbocycles. The van der Waals surface area contributed by atoms with E-state index in [0.717, 1.165) is 18.2 Å². The van der Waals surface area contributed by atoms with Gasteiger partial charge in [0.25, 0.3) is 0 Å². The number of para-hydroxylation sites is 1. The van der Waals surface area contributed by atoms with Crippen LogP contribution in [0.15, 0.2) is 43.0 Å². The zero-order valence-electron chi connectivity index (χ0n) is 8.52. The number of benzene rings is 1. The van der Waals surface area contributed by atoms with Gasteiger partial charge in [0.2, 0.25) is 0 Å². The number of ether oxygens (including phenoxy) is 1. The van der Waals surface area contributed by atoms with Crippen molar-refractivity contribution < 1.29 is 9.53 Å². The van der Waals surface area contributed by atoms with Crippen LogP contribution in [0.25, 0.3) is 0 Å². The molecule has 0 radical (unpaired) electrons. The Bertz CT molecular complexity index is 309. The zero-order valence-corrected chi connectivity index (χ0v) is 10.2. The summed E-state index contributed by atoms with van der Waals surface area (Å²) in [5.74, 6) is 0.632. The summed E-state index contributed by atoms with van der Waals surface area (Å²) in [5.41, 5.74) is 0. The van der Waals surface area contributed by atoms with Crippen molar-refractivity contribution in [2.45, 2.75) is 18.2 Å². The molecular weight excluding hydrogens is 255 g/mol. The van der Waals surface area contributed by atoms with Gasteiger partial charge in [-0.2, -0.15) is 0 Å². The van der Waals surface area contributed by atoms with Gasteiger partial charge in [-0.05, 0) is 0 Å². The monoisotopic (exact) mass is 270 g/mol. The van der Waals surface area contributed by atoms with Crippen molar-refractivity contribution >= 4 is 19.8 Å². The molecule has 0 saturated heterocycles. The van der Waals surface area contributed by atoms with Gasteiger partial charge in [0.05, 0.1) is 0 Å². The Balaban J connectivity index is 2.22. The number of carbonyl (C=O) groups excluding carboxylic acids is 1. The Morgan fingerprint density at radius 2 is 2.13 bits per heavy atom. The molecule has 0 heterocycles. The van der Waals surface area contributed by atoms with Gasteiger partial charge in [0.1, 0.15) is 0 Å². The van der Waals surface area contributed by atoms with Gasteiger partial charge in [-0.15, -0.1) is 0 Å². The SMILES string of the molecule is C=CCCC[Se]C(=O)Oc1ccccc1. The molecule has 2 nitrogen and oxygen atoms in total. The van der Waals surface area contributed by atoms with E-state index in [2.05, 4.69) is 6.58 Å². The summed E-state index contributed by atoms with van der Waals surface area (Å²) in [6.45, 7) is 3.64. The van der Waals surface area contributed by atoms with Crippen molar-refractivity contribution in [2.75, 3.05) is 0 Å². The Kier molecular flexibility index (Phi) is 5.83. The number of rotatable bonds is 6. The third-order valence-corrected chi connectivity index (χ3v) is 3.42. The van der Waals surface area contributed by atoms with Crippen molar-refractivity contribution in [3.05, 3.63) is 43.0 Å². The van der Waals surface area contributed by atoms with Gasteiger partial charge in [-0.1, -0.05) is 0 Å². The molecule has 0 amide bonds. The number of unbranched alkanes of at least 4 members (excludes halogenated alkanes) is 1. The van der Waals surface area contributed by atoms with Crippen molar-refractivity contribution in [1.29, 1.82) is 0 Å². The summed E-state index contributed by atoms with van der Waals surface area (Å²) >= 11 is -0.0706. The minimum absolute atomic E-state index is 0.0706. The second-order valence-corrected chi connectivity index (χ2v) is 5.11. The molecule has 15 heavy (non-hydrogen) atoms. The molecule has 0 fully saturated rings. The van der Waals surface area contributed by atoms with E-state index in [1.54, 1.807) is 12.1 Å². The molecule has 1 aromatic carbocycles. The van der Waals surface area contributed by atoms with Gasteiger partial charge in [0.15, 0.2) is 0 Å². The first-order chi connectivity index (χ1) is 7.33. The predicted molar refractivity (Wildman–Crippen MR) is 62.5 cm³/mol. The van der Waals surface area contributed by atoms with Crippen LogP contribution >= 0.6 is 0 Å². The molecule has 0 N–H and O–H groups in total. The van der Waals surface area contributed by atoms with E-state index in [1.807, 2.05) is 24.3 Å². The Hall–Kier alpha value is -1.05. The van der Waals surface area contributed by atoms with Crippen LogP contribution in [0.4, 0.5) is 4.79 Å². The van der Waals surface area contributed by atoms with Gasteiger partial charge >= 0.3 is 96.3 Å². The molecule has 1 rings (SSSR count). The molecule has 0 aliphatic rings. The van der Waals surface area contributed by atoms with Gasteiger partial charge < -0.3 is 0 Å². The fraction of sp³-hybridized carbons (Fsp3) is 0.250. The third-order valence-electron chi connectivity index (χ3n) is 1.72. The van der Waals surface area contributed by atoms with E-state index in [0.29, 0.717) is 5.75 Å². The molecule has 0 aromatic heterocycles. The van der Waals surface area contributed by atoms with Gasteiger partial charge in [0, 0.05) is 0 Å². The standard InChI is InChI=1S/C12H14O2Se/c1-2-3-7-10-15-12(13)14-11-8-5-4-6-9-11/h2,4-6,8-9H,1,3,7,10H2.